The van der Waals surface area contributed by atoms with Gasteiger partial charge in [-0.3, -0.25) is 0 Å². The average molecular weight is 132 g/mol. The molecular formula is C4H12OSi2. The van der Waals surface area contributed by atoms with Crippen molar-refractivity contribution in [1.29, 1.82) is 0 Å². The lowest BCUT2D eigenvalue weighted by Gasteiger charge is -2.01. The van der Waals surface area contributed by atoms with Gasteiger partial charge in [0, 0.05) is 0 Å². The van der Waals surface area contributed by atoms with Gasteiger partial charge >= 0.3 is 0 Å². The molecule has 3 heteroatoms. The molecule has 0 aromatic rings. The summed E-state index contributed by atoms with van der Waals surface area (Å²) in [5.41, 5.74) is 1.98. The van der Waals surface area contributed by atoms with Crippen LogP contribution in [0.5, 0.6) is 0 Å². The molecule has 0 spiro atoms. The zero-order valence-corrected chi connectivity index (χ0v) is 8.13. The number of hydrogen-bond acceptors (Lipinski definition) is 1. The van der Waals surface area contributed by atoms with E-state index in [0.717, 1.165) is 10.5 Å². The van der Waals surface area contributed by atoms with Gasteiger partial charge in [-0.15, -0.1) is 6.58 Å². The quantitative estimate of drug-likeness (QED) is 0.481. The van der Waals surface area contributed by atoms with Crippen molar-refractivity contribution < 1.29 is 4.12 Å². The molecule has 0 saturated carbocycles. The molecule has 0 amide bonds. The van der Waals surface area contributed by atoms with Crippen molar-refractivity contribution in [2.24, 2.45) is 0 Å². The highest BCUT2D eigenvalue weighted by Crippen LogP contribution is 1.89. The Bertz CT molecular complexity index is 51.7. The van der Waals surface area contributed by atoms with E-state index in [9.17, 15) is 0 Å². The molecule has 0 aromatic carbocycles. The third-order valence-corrected chi connectivity index (χ3v) is 4.72. The van der Waals surface area contributed by atoms with Crippen LogP contribution in [0.2, 0.25) is 6.04 Å². The minimum absolute atomic E-state index is 0.846. The van der Waals surface area contributed by atoms with Gasteiger partial charge in [-0.05, 0) is 6.04 Å². The fourth-order valence-electron chi connectivity index (χ4n) is 0.430. The van der Waals surface area contributed by atoms with E-state index in [0.29, 0.717) is 0 Å². The number of rotatable bonds is 3. The van der Waals surface area contributed by atoms with Gasteiger partial charge in [0.2, 0.25) is 0 Å². The van der Waals surface area contributed by atoms with Crippen LogP contribution in [-0.2, 0) is 4.12 Å². The summed E-state index contributed by atoms with van der Waals surface area (Å²) in [6, 6.07) is 1.19. The zero-order chi connectivity index (χ0) is 5.70. The van der Waals surface area contributed by atoms with Crippen LogP contribution in [0.25, 0.3) is 0 Å². The summed E-state index contributed by atoms with van der Waals surface area (Å²) in [6.07, 6.45) is 0. The molecule has 0 fully saturated rings. The average Bonchev–Trinajstić information content (AvgIpc) is 1.72. The van der Waals surface area contributed by atoms with Gasteiger partial charge in [-0.25, -0.2) is 0 Å². The first-order valence-corrected chi connectivity index (χ1v) is 5.27. The van der Waals surface area contributed by atoms with Gasteiger partial charge in [0.05, 0.1) is 0 Å². The summed E-state index contributed by atoms with van der Waals surface area (Å²) in [5, 5.41) is 0. The van der Waals surface area contributed by atoms with E-state index in [1.54, 1.807) is 0 Å². The maximum Gasteiger partial charge on any atom is 0.186 e. The normalized spacial score (nSPS) is 13.9. The van der Waals surface area contributed by atoms with Crippen molar-refractivity contribution >= 4 is 19.5 Å². The zero-order valence-electron chi connectivity index (χ0n) is 4.98. The fraction of sp³-hybridized carbons (Fsp3) is 0.500. The van der Waals surface area contributed by atoms with Crippen molar-refractivity contribution in [1.82, 2.24) is 0 Å². The Kier molecular flexibility index (Phi) is 4.38. The molecular weight excluding hydrogens is 120 g/mol. The first-order chi connectivity index (χ1) is 3.35. The molecule has 0 aliphatic heterocycles. The van der Waals surface area contributed by atoms with Crippen molar-refractivity contribution in [3.05, 3.63) is 12.3 Å². The highest BCUT2D eigenvalue weighted by atomic mass is 28.3. The second-order valence-electron chi connectivity index (χ2n) is 1.42. The molecule has 0 aliphatic rings. The van der Waals surface area contributed by atoms with Crippen LogP contribution in [0.1, 0.15) is 6.92 Å². The van der Waals surface area contributed by atoms with E-state index >= 15 is 0 Å². The Morgan fingerprint density at radius 1 is 2.00 bits per heavy atom. The highest BCUT2D eigenvalue weighted by Gasteiger charge is 1.95. The lowest BCUT2D eigenvalue weighted by Crippen LogP contribution is -2.10. The predicted molar refractivity (Wildman–Crippen MR) is 38.9 cm³/mol. The Labute approximate surface area is 49.7 Å². The molecule has 0 N–H and O–H groups in total. The topological polar surface area (TPSA) is 9.23 Å². The minimum Gasteiger partial charge on any atom is -0.463 e. The third-order valence-electron chi connectivity index (χ3n) is 0.968. The van der Waals surface area contributed by atoms with E-state index in [2.05, 4.69) is 13.5 Å². The summed E-state index contributed by atoms with van der Waals surface area (Å²) < 4.78 is 5.21. The molecule has 1 unspecified atom stereocenters. The van der Waals surface area contributed by atoms with E-state index in [-0.39, 0.29) is 0 Å². The maximum atomic E-state index is 5.21. The minimum atomic E-state index is -0.846. The maximum absolute atomic E-state index is 5.21. The van der Waals surface area contributed by atoms with Crippen LogP contribution in [0.3, 0.4) is 0 Å². The molecule has 1 atom stereocenters. The Balaban J connectivity index is 3.16. The van der Waals surface area contributed by atoms with Gasteiger partial charge in [-0.2, -0.15) is 0 Å². The van der Waals surface area contributed by atoms with Crippen molar-refractivity contribution in [3.8, 4) is 0 Å². The van der Waals surface area contributed by atoms with Gasteiger partial charge < -0.3 is 4.12 Å². The van der Waals surface area contributed by atoms with Crippen molar-refractivity contribution in [3.63, 3.8) is 0 Å². The summed E-state index contributed by atoms with van der Waals surface area (Å²) in [5.74, 6) is 0. The predicted octanol–water partition coefficient (Wildman–Crippen LogP) is -0.248. The van der Waals surface area contributed by atoms with Crippen molar-refractivity contribution in [2.45, 2.75) is 13.0 Å². The van der Waals surface area contributed by atoms with Crippen LogP contribution >= 0.6 is 0 Å². The molecule has 0 rings (SSSR count). The van der Waals surface area contributed by atoms with Crippen LogP contribution in [0.4, 0.5) is 0 Å². The molecule has 0 aliphatic carbocycles. The Hall–Kier alpha value is 0.134. The Morgan fingerprint density at radius 2 is 2.57 bits per heavy atom. The van der Waals surface area contributed by atoms with Crippen molar-refractivity contribution in [2.75, 3.05) is 0 Å². The lowest BCUT2D eigenvalue weighted by molar-refractivity contribution is 0.644. The second kappa shape index (κ2) is 4.30. The van der Waals surface area contributed by atoms with Crippen LogP contribution in [0, 0.1) is 0 Å². The van der Waals surface area contributed by atoms with Crippen LogP contribution < -0.4 is 0 Å². The molecule has 0 saturated heterocycles. The summed E-state index contributed by atoms with van der Waals surface area (Å²) in [4.78, 5) is 0. The molecule has 0 aromatic heterocycles. The largest absolute Gasteiger partial charge is 0.463 e. The lowest BCUT2D eigenvalue weighted by atomic mass is 11.0. The van der Waals surface area contributed by atoms with E-state index in [1.807, 2.05) is 5.70 Å². The van der Waals surface area contributed by atoms with E-state index in [4.69, 9.17) is 4.12 Å². The SMILES string of the molecule is C=C[SiH](CC)O[SiH3]. The molecule has 0 radical (unpaired) electrons. The standard InChI is InChI=1S/C4H12OSi2/c1-3-7(4-2)5-6/h3,7H,1,4H2,2,6H3. The smallest absolute Gasteiger partial charge is 0.186 e. The summed E-state index contributed by atoms with van der Waals surface area (Å²) >= 11 is 0. The van der Waals surface area contributed by atoms with Crippen LogP contribution in [0.15, 0.2) is 12.3 Å². The molecule has 42 valence electrons. The summed E-state index contributed by atoms with van der Waals surface area (Å²) in [7, 11) is 0.0363. The van der Waals surface area contributed by atoms with Gasteiger partial charge in [0.25, 0.3) is 0 Å². The Morgan fingerprint density at radius 3 is 2.57 bits per heavy atom. The summed E-state index contributed by atoms with van der Waals surface area (Å²) in [6.45, 7) is 5.81. The van der Waals surface area contributed by atoms with Crippen LogP contribution in [-0.4, -0.2) is 19.5 Å². The first-order valence-electron chi connectivity index (χ1n) is 2.50. The van der Waals surface area contributed by atoms with Gasteiger partial charge in [0.1, 0.15) is 10.5 Å². The molecule has 0 bridgehead atoms. The number of hydrogen-bond donors (Lipinski definition) is 0. The monoisotopic (exact) mass is 132 g/mol. The van der Waals surface area contributed by atoms with Gasteiger partial charge in [0.15, 0.2) is 9.04 Å². The molecule has 1 nitrogen and oxygen atoms in total. The molecule has 0 heterocycles. The third kappa shape index (κ3) is 2.79. The van der Waals surface area contributed by atoms with E-state index < -0.39 is 9.04 Å². The second-order valence-corrected chi connectivity index (χ2v) is 5.67. The fourth-order valence-corrected chi connectivity index (χ4v) is 2.87. The highest BCUT2D eigenvalue weighted by molar-refractivity contribution is 6.60. The van der Waals surface area contributed by atoms with E-state index in [1.165, 1.54) is 6.04 Å². The molecule has 7 heavy (non-hydrogen) atoms. The van der Waals surface area contributed by atoms with Gasteiger partial charge in [-0.1, -0.05) is 12.6 Å². The first kappa shape index (κ1) is 7.13.